The van der Waals surface area contributed by atoms with Gasteiger partial charge < -0.3 is 10.1 Å². The van der Waals surface area contributed by atoms with Gasteiger partial charge in [0.25, 0.3) is 0 Å². The van der Waals surface area contributed by atoms with Crippen molar-refractivity contribution in [1.29, 1.82) is 0 Å². The van der Waals surface area contributed by atoms with E-state index in [0.29, 0.717) is 0 Å². The van der Waals surface area contributed by atoms with Gasteiger partial charge in [0.05, 0.1) is 0 Å². The lowest BCUT2D eigenvalue weighted by Crippen LogP contribution is -2.03. The Morgan fingerprint density at radius 2 is 2.06 bits per heavy atom. The van der Waals surface area contributed by atoms with Gasteiger partial charge in [-0.3, -0.25) is 0 Å². The largest absolute Gasteiger partial charge is 0.385 e. The minimum atomic E-state index is 0.867. The van der Waals surface area contributed by atoms with E-state index >= 15 is 0 Å². The van der Waals surface area contributed by atoms with E-state index in [1.165, 1.54) is 31.4 Å². The van der Waals surface area contributed by atoms with Gasteiger partial charge in [0.1, 0.15) is 0 Å². The number of ether oxygens (including phenoxy) is 1. The fraction of sp³-hybridized carbons (Fsp3) is 0.571. The van der Waals surface area contributed by atoms with Crippen LogP contribution in [0.1, 0.15) is 30.4 Å². The van der Waals surface area contributed by atoms with Crippen LogP contribution in [0.4, 0.5) is 5.69 Å². The van der Waals surface area contributed by atoms with Crippen LogP contribution in [-0.2, 0) is 17.6 Å². The van der Waals surface area contributed by atoms with Crippen molar-refractivity contribution in [3.8, 4) is 0 Å². The second-order valence-electron chi connectivity index (χ2n) is 4.46. The van der Waals surface area contributed by atoms with Crippen molar-refractivity contribution in [2.45, 2.75) is 32.1 Å². The molecule has 0 amide bonds. The van der Waals surface area contributed by atoms with Crippen LogP contribution in [0, 0.1) is 0 Å². The minimum Gasteiger partial charge on any atom is -0.385 e. The van der Waals surface area contributed by atoms with Gasteiger partial charge in [-0.15, -0.1) is 0 Å². The van der Waals surface area contributed by atoms with Crippen LogP contribution in [0.5, 0.6) is 0 Å². The number of hydrogen-bond donors (Lipinski definition) is 1. The van der Waals surface area contributed by atoms with Crippen LogP contribution in [0.2, 0.25) is 0 Å². The van der Waals surface area contributed by atoms with Gasteiger partial charge in [0, 0.05) is 25.9 Å². The highest BCUT2D eigenvalue weighted by Crippen LogP contribution is 2.24. The Hall–Kier alpha value is -1.02. The Morgan fingerprint density at radius 3 is 2.94 bits per heavy atom. The molecule has 0 saturated carbocycles. The smallest absolute Gasteiger partial charge is 0.0462 e. The molecule has 0 aromatic heterocycles. The average Bonchev–Trinajstić information content (AvgIpc) is 2.76. The number of rotatable bonds is 6. The molecule has 0 bridgehead atoms. The molecule has 0 unspecified atom stereocenters. The third kappa shape index (κ3) is 2.99. The van der Waals surface area contributed by atoms with Gasteiger partial charge in [-0.1, -0.05) is 6.07 Å². The maximum atomic E-state index is 5.03. The molecule has 16 heavy (non-hydrogen) atoms. The molecule has 1 aliphatic carbocycles. The number of methoxy groups -OCH3 is 1. The lowest BCUT2D eigenvalue weighted by molar-refractivity contribution is 0.194. The summed E-state index contributed by atoms with van der Waals surface area (Å²) >= 11 is 0. The number of nitrogens with one attached hydrogen (secondary N) is 1. The van der Waals surface area contributed by atoms with Crippen LogP contribution >= 0.6 is 0 Å². The lowest BCUT2D eigenvalue weighted by atomic mass is 10.1. The summed E-state index contributed by atoms with van der Waals surface area (Å²) in [5, 5.41) is 3.48. The van der Waals surface area contributed by atoms with Crippen LogP contribution < -0.4 is 5.32 Å². The molecular weight excluding hydrogens is 198 g/mol. The maximum absolute atomic E-state index is 5.03. The molecule has 1 aromatic carbocycles. The summed E-state index contributed by atoms with van der Waals surface area (Å²) in [6.07, 6.45) is 6.16. The van der Waals surface area contributed by atoms with Crippen molar-refractivity contribution in [3.05, 3.63) is 29.3 Å². The predicted octanol–water partition coefficient (Wildman–Crippen LogP) is 3.01. The maximum Gasteiger partial charge on any atom is 0.0462 e. The number of fused-ring (bicyclic) bond motifs is 1. The summed E-state index contributed by atoms with van der Waals surface area (Å²) in [4.78, 5) is 0. The summed E-state index contributed by atoms with van der Waals surface area (Å²) in [5.41, 5.74) is 4.37. The third-order valence-corrected chi connectivity index (χ3v) is 3.20. The molecule has 2 rings (SSSR count). The Kier molecular flexibility index (Phi) is 4.23. The Morgan fingerprint density at radius 1 is 1.19 bits per heavy atom. The van der Waals surface area contributed by atoms with E-state index in [1.807, 2.05) is 0 Å². The summed E-state index contributed by atoms with van der Waals surface area (Å²) in [6, 6.07) is 6.80. The monoisotopic (exact) mass is 219 g/mol. The Bertz CT molecular complexity index is 336. The molecule has 0 atom stereocenters. The van der Waals surface area contributed by atoms with Crippen molar-refractivity contribution in [1.82, 2.24) is 0 Å². The molecule has 1 N–H and O–H groups in total. The zero-order valence-corrected chi connectivity index (χ0v) is 10.1. The average molecular weight is 219 g/mol. The minimum absolute atomic E-state index is 0.867. The number of unbranched alkanes of at least 4 members (excludes halogenated alkanes) is 1. The van der Waals surface area contributed by atoms with E-state index in [2.05, 4.69) is 23.5 Å². The molecule has 0 radical (unpaired) electrons. The first-order valence-corrected chi connectivity index (χ1v) is 6.25. The molecule has 0 heterocycles. The molecular formula is C14H21NO. The molecule has 1 aromatic rings. The van der Waals surface area contributed by atoms with Crippen LogP contribution in [-0.4, -0.2) is 20.3 Å². The highest BCUT2D eigenvalue weighted by Gasteiger charge is 2.10. The van der Waals surface area contributed by atoms with Gasteiger partial charge in [0.2, 0.25) is 0 Å². The first-order chi connectivity index (χ1) is 7.90. The van der Waals surface area contributed by atoms with Gasteiger partial charge in [-0.05, 0) is 55.4 Å². The highest BCUT2D eigenvalue weighted by atomic mass is 16.5. The molecule has 2 nitrogen and oxygen atoms in total. The van der Waals surface area contributed by atoms with E-state index in [0.717, 1.165) is 19.6 Å². The van der Waals surface area contributed by atoms with Crippen molar-refractivity contribution in [2.24, 2.45) is 0 Å². The molecule has 0 fully saturated rings. The normalized spacial score (nSPS) is 13.8. The lowest BCUT2D eigenvalue weighted by Gasteiger charge is -2.08. The van der Waals surface area contributed by atoms with E-state index in [4.69, 9.17) is 4.74 Å². The van der Waals surface area contributed by atoms with E-state index in [9.17, 15) is 0 Å². The topological polar surface area (TPSA) is 21.3 Å². The predicted molar refractivity (Wildman–Crippen MR) is 68.1 cm³/mol. The Labute approximate surface area is 98.0 Å². The standard InChI is InChI=1S/C14H21NO/c1-16-10-3-2-9-15-14-8-7-12-5-4-6-13(12)11-14/h7-8,11,15H,2-6,9-10H2,1H3. The van der Waals surface area contributed by atoms with E-state index in [-0.39, 0.29) is 0 Å². The van der Waals surface area contributed by atoms with Crippen molar-refractivity contribution in [2.75, 3.05) is 25.6 Å². The molecule has 88 valence electrons. The van der Waals surface area contributed by atoms with Crippen molar-refractivity contribution in [3.63, 3.8) is 0 Å². The fourth-order valence-corrected chi connectivity index (χ4v) is 2.29. The number of aryl methyl sites for hydroxylation is 2. The second kappa shape index (κ2) is 5.90. The van der Waals surface area contributed by atoms with Gasteiger partial charge in [-0.2, -0.15) is 0 Å². The van der Waals surface area contributed by atoms with Gasteiger partial charge in [0.15, 0.2) is 0 Å². The molecule has 0 saturated heterocycles. The van der Waals surface area contributed by atoms with Gasteiger partial charge >= 0.3 is 0 Å². The molecule has 0 spiro atoms. The summed E-state index contributed by atoms with van der Waals surface area (Å²) < 4.78 is 5.03. The first-order valence-electron chi connectivity index (χ1n) is 6.25. The molecule has 2 heteroatoms. The van der Waals surface area contributed by atoms with Crippen LogP contribution in [0.15, 0.2) is 18.2 Å². The fourth-order valence-electron chi connectivity index (χ4n) is 2.29. The number of benzene rings is 1. The SMILES string of the molecule is COCCCCNc1ccc2c(c1)CCC2. The Balaban J connectivity index is 1.77. The first kappa shape index (κ1) is 11.5. The third-order valence-electron chi connectivity index (χ3n) is 3.20. The summed E-state index contributed by atoms with van der Waals surface area (Å²) in [7, 11) is 1.76. The molecule has 1 aliphatic rings. The number of anilines is 1. The van der Waals surface area contributed by atoms with E-state index in [1.54, 1.807) is 18.2 Å². The second-order valence-corrected chi connectivity index (χ2v) is 4.46. The van der Waals surface area contributed by atoms with E-state index < -0.39 is 0 Å². The summed E-state index contributed by atoms with van der Waals surface area (Å²) in [6.45, 7) is 1.91. The van der Waals surface area contributed by atoms with Gasteiger partial charge in [-0.25, -0.2) is 0 Å². The number of hydrogen-bond acceptors (Lipinski definition) is 2. The quantitative estimate of drug-likeness (QED) is 0.743. The summed E-state index contributed by atoms with van der Waals surface area (Å²) in [5.74, 6) is 0. The zero-order chi connectivity index (χ0) is 11.2. The van der Waals surface area contributed by atoms with Crippen LogP contribution in [0.3, 0.4) is 0 Å². The zero-order valence-electron chi connectivity index (χ0n) is 10.1. The van der Waals surface area contributed by atoms with Crippen LogP contribution in [0.25, 0.3) is 0 Å². The van der Waals surface area contributed by atoms with Crippen molar-refractivity contribution < 1.29 is 4.74 Å². The van der Waals surface area contributed by atoms with Crippen molar-refractivity contribution >= 4 is 5.69 Å². The molecule has 0 aliphatic heterocycles. The highest BCUT2D eigenvalue weighted by molar-refractivity contribution is 5.50.